The van der Waals surface area contributed by atoms with Crippen LogP contribution in [0, 0.1) is 18.7 Å². The van der Waals surface area contributed by atoms with E-state index in [1.165, 1.54) is 11.3 Å². The van der Waals surface area contributed by atoms with E-state index < -0.39 is 12.1 Å². The average molecular weight is 373 g/mol. The smallest absolute Gasteiger partial charge is 0.232 e. The highest BCUT2D eigenvalue weighted by Crippen LogP contribution is 2.37. The summed E-state index contributed by atoms with van der Waals surface area (Å²) in [6.07, 6.45) is -0.761. The van der Waals surface area contributed by atoms with E-state index in [0.29, 0.717) is 21.9 Å². The van der Waals surface area contributed by atoms with Crippen molar-refractivity contribution < 1.29 is 13.6 Å². The molecule has 4 rings (SSSR count). The molecule has 2 atom stereocenters. The molecule has 1 aliphatic carbocycles. The minimum absolute atomic E-state index is 0.279. The zero-order valence-electron chi connectivity index (χ0n) is 14.3. The molecule has 1 heterocycles. The van der Waals surface area contributed by atoms with Crippen molar-refractivity contribution in [2.75, 3.05) is 17.7 Å². The number of amides is 1. The second kappa shape index (κ2) is 6.32. The lowest BCUT2D eigenvalue weighted by Gasteiger charge is -2.11. The van der Waals surface area contributed by atoms with E-state index in [9.17, 15) is 13.6 Å². The summed E-state index contributed by atoms with van der Waals surface area (Å²) in [4.78, 5) is 16.2. The number of aryl methyl sites for hydroxylation is 1. The van der Waals surface area contributed by atoms with Crippen LogP contribution in [-0.2, 0) is 4.79 Å². The Morgan fingerprint density at radius 3 is 2.77 bits per heavy atom. The molecule has 26 heavy (non-hydrogen) atoms. The van der Waals surface area contributed by atoms with Crippen LogP contribution in [0.3, 0.4) is 0 Å². The van der Waals surface area contributed by atoms with Gasteiger partial charge in [0.25, 0.3) is 0 Å². The van der Waals surface area contributed by atoms with Gasteiger partial charge in [-0.05, 0) is 42.7 Å². The molecule has 1 aliphatic rings. The average Bonchev–Trinajstić information content (AvgIpc) is 3.21. The number of halogens is 2. The van der Waals surface area contributed by atoms with E-state index in [-0.39, 0.29) is 18.1 Å². The van der Waals surface area contributed by atoms with Gasteiger partial charge in [-0.25, -0.2) is 13.8 Å². The van der Waals surface area contributed by atoms with Gasteiger partial charge in [0.05, 0.1) is 21.8 Å². The number of alkyl halides is 1. The van der Waals surface area contributed by atoms with Crippen LogP contribution >= 0.6 is 11.3 Å². The molecule has 134 valence electrons. The molecule has 2 N–H and O–H groups in total. The number of hydrogen-bond acceptors (Lipinski definition) is 4. The number of nitrogens with zero attached hydrogens (tertiary/aromatic N) is 1. The number of hydrogen-bond donors (Lipinski definition) is 2. The van der Waals surface area contributed by atoms with Crippen LogP contribution in [0.25, 0.3) is 21.3 Å². The lowest BCUT2D eigenvalue weighted by Crippen LogP contribution is -2.14. The normalized spacial score (nSPS) is 18.8. The summed E-state index contributed by atoms with van der Waals surface area (Å²) in [5.74, 6) is -1.19. The van der Waals surface area contributed by atoms with Crippen LogP contribution in [0.5, 0.6) is 0 Å². The summed E-state index contributed by atoms with van der Waals surface area (Å²) in [6.45, 7) is 1.86. The highest BCUT2D eigenvalue weighted by Gasteiger charge is 2.43. The predicted octanol–water partition coefficient (Wildman–Crippen LogP) is 4.75. The molecule has 2 aromatic carbocycles. The van der Waals surface area contributed by atoms with E-state index in [1.807, 2.05) is 25.1 Å². The van der Waals surface area contributed by atoms with Crippen LogP contribution < -0.4 is 10.6 Å². The van der Waals surface area contributed by atoms with Crippen molar-refractivity contribution in [2.45, 2.75) is 19.5 Å². The van der Waals surface area contributed by atoms with Crippen molar-refractivity contribution in [1.29, 1.82) is 0 Å². The molecule has 1 saturated carbocycles. The van der Waals surface area contributed by atoms with E-state index in [1.54, 1.807) is 19.2 Å². The molecule has 1 aromatic heterocycles. The van der Waals surface area contributed by atoms with Gasteiger partial charge in [0, 0.05) is 12.6 Å². The molecule has 0 spiro atoms. The van der Waals surface area contributed by atoms with Crippen molar-refractivity contribution in [1.82, 2.24) is 4.98 Å². The molecule has 4 nitrogen and oxygen atoms in total. The second-order valence-corrected chi connectivity index (χ2v) is 7.45. The first-order chi connectivity index (χ1) is 12.5. The molecule has 0 aliphatic heterocycles. The summed E-state index contributed by atoms with van der Waals surface area (Å²) < 4.78 is 28.6. The van der Waals surface area contributed by atoms with Crippen molar-refractivity contribution in [3.63, 3.8) is 0 Å². The van der Waals surface area contributed by atoms with Gasteiger partial charge in [-0.3, -0.25) is 4.79 Å². The molecule has 1 amide bonds. The Labute approximate surface area is 153 Å². The Kier molecular flexibility index (Phi) is 4.11. The third-order valence-corrected chi connectivity index (χ3v) is 5.51. The van der Waals surface area contributed by atoms with Gasteiger partial charge < -0.3 is 10.6 Å². The Balaban J connectivity index is 1.69. The molecule has 0 saturated heterocycles. The number of aromatic nitrogens is 1. The number of fused-ring (bicyclic) bond motifs is 1. The number of carbonyl (C=O) groups is 1. The first-order valence-corrected chi connectivity index (χ1v) is 9.12. The van der Waals surface area contributed by atoms with Gasteiger partial charge in [0.15, 0.2) is 10.9 Å². The number of nitrogens with one attached hydrogen (secondary N) is 2. The van der Waals surface area contributed by atoms with Crippen molar-refractivity contribution in [2.24, 2.45) is 5.92 Å². The molecule has 0 bridgehead atoms. The Hall–Kier alpha value is -2.54. The molecular weight excluding hydrogens is 356 g/mol. The maximum atomic E-state index is 14.8. The van der Waals surface area contributed by atoms with Crippen molar-refractivity contribution in [3.05, 3.63) is 41.7 Å². The van der Waals surface area contributed by atoms with Crippen molar-refractivity contribution >= 4 is 38.3 Å². The summed E-state index contributed by atoms with van der Waals surface area (Å²) in [5, 5.41) is 5.95. The van der Waals surface area contributed by atoms with Gasteiger partial charge in [0.1, 0.15) is 6.17 Å². The van der Waals surface area contributed by atoms with Crippen LogP contribution in [0.1, 0.15) is 12.0 Å². The number of thiazole rings is 1. The molecule has 1 fully saturated rings. The highest BCUT2D eigenvalue weighted by atomic mass is 32.1. The summed E-state index contributed by atoms with van der Waals surface area (Å²) in [5.41, 5.74) is 3.27. The van der Waals surface area contributed by atoms with Gasteiger partial charge in [0.2, 0.25) is 5.91 Å². The molecule has 1 unspecified atom stereocenters. The van der Waals surface area contributed by atoms with E-state index in [2.05, 4.69) is 15.6 Å². The fraction of sp³-hybridized carbons (Fsp3) is 0.263. The lowest BCUT2D eigenvalue weighted by molar-refractivity contribution is -0.117. The molecule has 7 heteroatoms. The molecular formula is C19H17F2N3OS. The Morgan fingerprint density at radius 1 is 1.31 bits per heavy atom. The predicted molar refractivity (Wildman–Crippen MR) is 101 cm³/mol. The monoisotopic (exact) mass is 373 g/mol. The highest BCUT2D eigenvalue weighted by molar-refractivity contribution is 7.22. The first-order valence-electron chi connectivity index (χ1n) is 8.30. The van der Waals surface area contributed by atoms with Crippen LogP contribution in [0.15, 0.2) is 30.3 Å². The van der Waals surface area contributed by atoms with E-state index in [4.69, 9.17) is 0 Å². The first kappa shape index (κ1) is 16.9. The van der Waals surface area contributed by atoms with Gasteiger partial charge in [-0.15, -0.1) is 0 Å². The van der Waals surface area contributed by atoms with Crippen LogP contribution in [-0.4, -0.2) is 24.1 Å². The number of carbonyl (C=O) groups excluding carboxylic acids is 1. The van der Waals surface area contributed by atoms with Crippen molar-refractivity contribution in [3.8, 4) is 11.1 Å². The summed E-state index contributed by atoms with van der Waals surface area (Å²) in [7, 11) is 1.68. The van der Waals surface area contributed by atoms with Gasteiger partial charge >= 0.3 is 0 Å². The minimum Gasteiger partial charge on any atom is -0.386 e. The summed E-state index contributed by atoms with van der Waals surface area (Å²) in [6, 6.07) is 9.06. The zero-order valence-corrected chi connectivity index (χ0v) is 15.1. The Morgan fingerprint density at radius 2 is 2.08 bits per heavy atom. The van der Waals surface area contributed by atoms with E-state index >= 15 is 0 Å². The van der Waals surface area contributed by atoms with Crippen LogP contribution in [0.2, 0.25) is 0 Å². The maximum absolute atomic E-state index is 14.8. The van der Waals surface area contributed by atoms with Gasteiger partial charge in [-0.1, -0.05) is 23.5 Å². The fourth-order valence-electron chi connectivity index (χ4n) is 2.99. The second-order valence-electron chi connectivity index (χ2n) is 6.42. The molecule has 3 aromatic rings. The number of benzene rings is 2. The quantitative estimate of drug-likeness (QED) is 0.694. The largest absolute Gasteiger partial charge is 0.386 e. The summed E-state index contributed by atoms with van der Waals surface area (Å²) >= 11 is 1.30. The lowest BCUT2D eigenvalue weighted by atomic mass is 9.99. The van der Waals surface area contributed by atoms with Crippen LogP contribution in [0.4, 0.5) is 19.6 Å². The SMILES string of the molecule is CNc1ccc(C)c(-c2ccc3nc(NC(=O)[C@@H]4CC4F)sc3c2)c1F. The topological polar surface area (TPSA) is 54.0 Å². The Bertz CT molecular complexity index is 1020. The minimum atomic E-state index is -1.04. The zero-order chi connectivity index (χ0) is 18.4. The maximum Gasteiger partial charge on any atom is 0.232 e. The third-order valence-electron chi connectivity index (χ3n) is 4.58. The third kappa shape index (κ3) is 2.92. The van der Waals surface area contributed by atoms with Gasteiger partial charge in [-0.2, -0.15) is 0 Å². The van der Waals surface area contributed by atoms with E-state index in [0.717, 1.165) is 15.8 Å². The number of anilines is 2. The molecule has 0 radical (unpaired) electrons. The fourth-order valence-corrected chi connectivity index (χ4v) is 3.90. The number of rotatable bonds is 4. The standard InChI is InChI=1S/C19H17F2N3OS/c1-9-3-5-14(22-2)17(21)16(9)10-4-6-13-15(7-10)26-19(23-13)24-18(25)11-8-12(11)20/h3-7,11-12,22H,8H2,1-2H3,(H,23,24,25)/t11-,12?/m1/s1.